The van der Waals surface area contributed by atoms with E-state index in [0.717, 1.165) is 0 Å². The summed E-state index contributed by atoms with van der Waals surface area (Å²) in [5, 5.41) is 3.16. The Morgan fingerprint density at radius 3 is 2.86 bits per heavy atom. The maximum Gasteiger partial charge on any atom is 0.322 e. The number of rotatable bonds is 2. The van der Waals surface area contributed by atoms with E-state index < -0.39 is 0 Å². The van der Waals surface area contributed by atoms with E-state index in [-0.39, 0.29) is 17.1 Å². The van der Waals surface area contributed by atoms with Crippen LogP contribution in [0.1, 0.15) is 0 Å². The molecule has 7 heteroatoms. The van der Waals surface area contributed by atoms with Gasteiger partial charge in [0.15, 0.2) is 0 Å². The number of nitrogens with one attached hydrogen (secondary N) is 2. The first-order chi connectivity index (χ1) is 10.7. The van der Waals surface area contributed by atoms with Gasteiger partial charge in [-0.2, -0.15) is 0 Å². The summed E-state index contributed by atoms with van der Waals surface area (Å²) in [7, 11) is 1.57. The lowest BCUT2D eigenvalue weighted by atomic mass is 10.2. The number of fused-ring (bicyclic) bond motifs is 1. The second-order valence-electron chi connectivity index (χ2n) is 4.97. The Morgan fingerprint density at radius 1 is 1.36 bits per heavy atom. The molecule has 2 aromatic rings. The van der Waals surface area contributed by atoms with Crippen molar-refractivity contribution in [3.05, 3.63) is 34.6 Å². The number of hydrogen-bond donors (Lipinski definition) is 2. The van der Waals surface area contributed by atoms with Crippen LogP contribution in [0, 0.1) is 0 Å². The fourth-order valence-corrected chi connectivity index (χ4v) is 2.38. The molecule has 2 amide bonds. The quantitative estimate of drug-likeness (QED) is 0.878. The van der Waals surface area contributed by atoms with Gasteiger partial charge >= 0.3 is 6.03 Å². The van der Waals surface area contributed by atoms with Crippen LogP contribution in [0.4, 0.5) is 10.5 Å². The predicted molar refractivity (Wildman–Crippen MR) is 82.5 cm³/mol. The van der Waals surface area contributed by atoms with Crippen molar-refractivity contribution in [1.29, 1.82) is 0 Å². The van der Waals surface area contributed by atoms with E-state index in [9.17, 15) is 9.59 Å². The molecule has 2 N–H and O–H groups in total. The molecule has 3 rings (SSSR count). The predicted octanol–water partition coefficient (Wildman–Crippen LogP) is 1.40. The molecule has 0 atom stereocenters. The highest BCUT2D eigenvalue weighted by molar-refractivity contribution is 5.92. The fraction of sp³-hybridized carbons (Fsp3) is 0.333. The maximum absolute atomic E-state index is 12.4. The van der Waals surface area contributed by atoms with E-state index in [0.29, 0.717) is 43.0 Å². The number of pyridine rings is 1. The van der Waals surface area contributed by atoms with Crippen molar-refractivity contribution in [3.63, 3.8) is 0 Å². The first-order valence-corrected chi connectivity index (χ1v) is 7.02. The van der Waals surface area contributed by atoms with E-state index in [4.69, 9.17) is 9.47 Å². The molecule has 0 saturated carbocycles. The summed E-state index contributed by atoms with van der Waals surface area (Å²) in [5.74, 6) is 0.660. The number of aromatic nitrogens is 1. The number of morpholine rings is 1. The number of methoxy groups -OCH3 is 1. The molecule has 0 spiro atoms. The molecule has 0 aliphatic carbocycles. The van der Waals surface area contributed by atoms with Crippen LogP contribution < -0.4 is 15.5 Å². The van der Waals surface area contributed by atoms with Gasteiger partial charge in [0, 0.05) is 30.7 Å². The van der Waals surface area contributed by atoms with Gasteiger partial charge in [0.05, 0.1) is 25.8 Å². The van der Waals surface area contributed by atoms with Gasteiger partial charge in [0.25, 0.3) is 0 Å². The third-order valence-electron chi connectivity index (χ3n) is 3.63. The van der Waals surface area contributed by atoms with Crippen molar-refractivity contribution in [3.8, 4) is 5.75 Å². The molecule has 1 aromatic heterocycles. The summed E-state index contributed by atoms with van der Waals surface area (Å²) in [6, 6.07) is 4.84. The minimum absolute atomic E-state index is 0.224. The van der Waals surface area contributed by atoms with Gasteiger partial charge in [-0.25, -0.2) is 4.79 Å². The number of amides is 2. The van der Waals surface area contributed by atoms with Gasteiger partial charge in [-0.15, -0.1) is 0 Å². The molecule has 2 heterocycles. The van der Waals surface area contributed by atoms with Gasteiger partial charge < -0.3 is 24.7 Å². The lowest BCUT2D eigenvalue weighted by molar-refractivity contribution is 0.0564. The first kappa shape index (κ1) is 14.4. The third kappa shape index (κ3) is 2.75. The highest BCUT2D eigenvalue weighted by Gasteiger charge is 2.18. The molecule has 1 aliphatic heterocycles. The Kier molecular flexibility index (Phi) is 3.97. The summed E-state index contributed by atoms with van der Waals surface area (Å²) in [6.45, 7) is 2.08. The van der Waals surface area contributed by atoms with E-state index in [1.807, 2.05) is 0 Å². The zero-order valence-electron chi connectivity index (χ0n) is 12.2. The summed E-state index contributed by atoms with van der Waals surface area (Å²) in [6.07, 6.45) is 1.50. The molecule has 0 radical (unpaired) electrons. The van der Waals surface area contributed by atoms with Gasteiger partial charge in [-0.05, 0) is 12.1 Å². The van der Waals surface area contributed by atoms with Crippen molar-refractivity contribution < 1.29 is 14.3 Å². The van der Waals surface area contributed by atoms with Crippen molar-refractivity contribution in [2.75, 3.05) is 38.7 Å². The number of carbonyl (C=O) groups excluding carboxylic acids is 1. The molecule has 0 bridgehead atoms. The molecule has 22 heavy (non-hydrogen) atoms. The van der Waals surface area contributed by atoms with Gasteiger partial charge in [0.2, 0.25) is 5.43 Å². The number of nitrogens with zero attached hydrogens (tertiary/aromatic N) is 1. The van der Waals surface area contributed by atoms with Crippen LogP contribution in [0.5, 0.6) is 5.75 Å². The number of ether oxygens (including phenoxy) is 2. The number of H-pyrrole nitrogens is 1. The monoisotopic (exact) mass is 303 g/mol. The number of anilines is 1. The number of carbonyl (C=O) groups is 1. The Balaban J connectivity index is 1.86. The molecule has 1 aromatic carbocycles. The van der Waals surface area contributed by atoms with Gasteiger partial charge in [0.1, 0.15) is 11.4 Å². The zero-order valence-corrected chi connectivity index (χ0v) is 12.2. The highest BCUT2D eigenvalue weighted by Crippen LogP contribution is 2.17. The van der Waals surface area contributed by atoms with Crippen molar-refractivity contribution in [2.24, 2.45) is 0 Å². The van der Waals surface area contributed by atoms with Crippen molar-refractivity contribution in [1.82, 2.24) is 9.88 Å². The summed E-state index contributed by atoms with van der Waals surface area (Å²) in [5.41, 5.74) is 0.667. The lowest BCUT2D eigenvalue weighted by Crippen LogP contribution is -2.43. The van der Waals surface area contributed by atoms with Crippen LogP contribution >= 0.6 is 0 Å². The number of benzene rings is 1. The summed E-state index contributed by atoms with van der Waals surface area (Å²) in [4.78, 5) is 29.2. The van der Waals surface area contributed by atoms with E-state index in [1.165, 1.54) is 6.20 Å². The van der Waals surface area contributed by atoms with Crippen molar-refractivity contribution in [2.45, 2.75) is 0 Å². The second-order valence-corrected chi connectivity index (χ2v) is 4.97. The fourth-order valence-electron chi connectivity index (χ4n) is 2.38. The van der Waals surface area contributed by atoms with Crippen LogP contribution in [0.2, 0.25) is 0 Å². The van der Waals surface area contributed by atoms with E-state index >= 15 is 0 Å². The largest absolute Gasteiger partial charge is 0.497 e. The van der Waals surface area contributed by atoms with Gasteiger partial charge in [-0.3, -0.25) is 4.79 Å². The topological polar surface area (TPSA) is 83.7 Å². The highest BCUT2D eigenvalue weighted by atomic mass is 16.5. The van der Waals surface area contributed by atoms with Crippen LogP contribution in [0.15, 0.2) is 29.2 Å². The Bertz CT molecular complexity index is 750. The molecule has 1 saturated heterocycles. The molecule has 1 aliphatic rings. The minimum Gasteiger partial charge on any atom is -0.497 e. The second kappa shape index (κ2) is 6.07. The standard InChI is InChI=1S/C15H17N3O4/c1-21-10-2-3-11-12(8-10)16-9-13(14(11)19)17-15(20)18-4-6-22-7-5-18/h2-3,8-9H,4-7H2,1H3,(H,16,19)(H,17,20). The molecule has 116 valence electrons. The SMILES string of the molecule is COc1ccc2c(=O)c(NC(=O)N3CCOCC3)c[nH]c2c1. The minimum atomic E-state index is -0.290. The lowest BCUT2D eigenvalue weighted by Gasteiger charge is -2.26. The van der Waals surface area contributed by atoms with Crippen LogP contribution in [0.25, 0.3) is 10.9 Å². The molecule has 1 fully saturated rings. The van der Waals surface area contributed by atoms with E-state index in [2.05, 4.69) is 10.3 Å². The molecule has 0 unspecified atom stereocenters. The average molecular weight is 303 g/mol. The molecule has 7 nitrogen and oxygen atoms in total. The average Bonchev–Trinajstić information content (AvgIpc) is 2.57. The maximum atomic E-state index is 12.4. The number of urea groups is 1. The summed E-state index contributed by atoms with van der Waals surface area (Å²) < 4.78 is 10.3. The Labute approximate surface area is 126 Å². The summed E-state index contributed by atoms with van der Waals surface area (Å²) >= 11 is 0. The smallest absolute Gasteiger partial charge is 0.322 e. The van der Waals surface area contributed by atoms with Crippen molar-refractivity contribution >= 4 is 22.6 Å². The van der Waals surface area contributed by atoms with Crippen LogP contribution in [-0.4, -0.2) is 49.3 Å². The first-order valence-electron chi connectivity index (χ1n) is 7.02. The van der Waals surface area contributed by atoms with Gasteiger partial charge in [-0.1, -0.05) is 0 Å². The van der Waals surface area contributed by atoms with Crippen LogP contribution in [0.3, 0.4) is 0 Å². The number of hydrogen-bond acceptors (Lipinski definition) is 4. The van der Waals surface area contributed by atoms with Crippen LogP contribution in [-0.2, 0) is 4.74 Å². The third-order valence-corrected chi connectivity index (χ3v) is 3.63. The number of aromatic amines is 1. The zero-order chi connectivity index (χ0) is 15.5. The molecular weight excluding hydrogens is 286 g/mol. The normalized spacial score (nSPS) is 14.9. The molecular formula is C15H17N3O4. The van der Waals surface area contributed by atoms with E-state index in [1.54, 1.807) is 30.2 Å². The Hall–Kier alpha value is -2.54. The Morgan fingerprint density at radius 2 is 2.14 bits per heavy atom.